The minimum absolute atomic E-state index is 0.396. The van der Waals surface area contributed by atoms with Crippen LogP contribution in [0.25, 0.3) is 0 Å². The van der Waals surface area contributed by atoms with E-state index in [1.165, 1.54) is 4.90 Å². The highest BCUT2D eigenvalue weighted by atomic mass is 19.4. The van der Waals surface area contributed by atoms with E-state index >= 15 is 0 Å². The quantitative estimate of drug-likeness (QED) is 0.905. The van der Waals surface area contributed by atoms with Crippen LogP contribution < -0.4 is 5.73 Å². The summed E-state index contributed by atoms with van der Waals surface area (Å²) < 4.78 is 36.9. The molecule has 0 aliphatic carbocycles. The van der Waals surface area contributed by atoms with E-state index in [2.05, 4.69) is 9.88 Å². The Labute approximate surface area is 116 Å². The van der Waals surface area contributed by atoms with E-state index in [-0.39, 0.29) is 0 Å². The van der Waals surface area contributed by atoms with E-state index in [4.69, 9.17) is 5.73 Å². The predicted molar refractivity (Wildman–Crippen MR) is 69.9 cm³/mol. The van der Waals surface area contributed by atoms with Gasteiger partial charge in [-0.3, -0.25) is 14.8 Å². The van der Waals surface area contributed by atoms with Gasteiger partial charge in [0.1, 0.15) is 0 Å². The molecule has 1 aromatic rings. The van der Waals surface area contributed by atoms with Gasteiger partial charge >= 0.3 is 6.18 Å². The molecule has 20 heavy (non-hydrogen) atoms. The Morgan fingerprint density at radius 2 is 1.80 bits per heavy atom. The van der Waals surface area contributed by atoms with Crippen LogP contribution in [0.3, 0.4) is 0 Å². The molecule has 4 nitrogen and oxygen atoms in total. The zero-order valence-corrected chi connectivity index (χ0v) is 11.2. The van der Waals surface area contributed by atoms with E-state index in [9.17, 15) is 13.2 Å². The van der Waals surface area contributed by atoms with Crippen molar-refractivity contribution < 1.29 is 13.2 Å². The molecule has 2 rings (SSSR count). The van der Waals surface area contributed by atoms with Crippen molar-refractivity contribution in [2.24, 2.45) is 5.73 Å². The average Bonchev–Trinajstić information content (AvgIpc) is 2.40. The van der Waals surface area contributed by atoms with Crippen molar-refractivity contribution >= 4 is 0 Å². The molecule has 1 aliphatic rings. The largest absolute Gasteiger partial charge is 0.401 e. The van der Waals surface area contributed by atoms with Gasteiger partial charge in [-0.05, 0) is 17.7 Å². The van der Waals surface area contributed by atoms with E-state index in [1.807, 2.05) is 12.1 Å². The maximum absolute atomic E-state index is 12.3. The van der Waals surface area contributed by atoms with Gasteiger partial charge in [0.2, 0.25) is 0 Å². The summed E-state index contributed by atoms with van der Waals surface area (Å²) in [6, 6.07) is 3.86. The Morgan fingerprint density at radius 3 is 2.40 bits per heavy atom. The Balaban J connectivity index is 1.82. The summed E-state index contributed by atoms with van der Waals surface area (Å²) in [6.07, 6.45) is -2.39. The molecule has 0 atom stereocenters. The minimum Gasteiger partial charge on any atom is -0.325 e. The number of alkyl halides is 3. The Kier molecular flexibility index (Phi) is 4.95. The van der Waals surface area contributed by atoms with E-state index < -0.39 is 12.7 Å². The number of aromatic nitrogens is 1. The van der Waals surface area contributed by atoms with Crippen molar-refractivity contribution in [3.63, 3.8) is 0 Å². The summed E-state index contributed by atoms with van der Waals surface area (Å²) in [5.74, 6) is 0. The first kappa shape index (κ1) is 15.2. The summed E-state index contributed by atoms with van der Waals surface area (Å²) in [6.45, 7) is 2.52. The van der Waals surface area contributed by atoms with Gasteiger partial charge in [0.25, 0.3) is 0 Å². The lowest BCUT2D eigenvalue weighted by molar-refractivity contribution is -0.149. The van der Waals surface area contributed by atoms with E-state index in [0.717, 1.165) is 17.8 Å². The number of nitrogens with two attached hydrogens (primary N) is 1. The van der Waals surface area contributed by atoms with Crippen LogP contribution in [-0.2, 0) is 13.1 Å². The van der Waals surface area contributed by atoms with Crippen LogP contribution in [0.1, 0.15) is 11.3 Å². The lowest BCUT2D eigenvalue weighted by atomic mass is 10.2. The third-order valence-electron chi connectivity index (χ3n) is 3.36. The smallest absolute Gasteiger partial charge is 0.325 e. The van der Waals surface area contributed by atoms with Crippen molar-refractivity contribution in [2.45, 2.75) is 19.3 Å². The highest BCUT2D eigenvalue weighted by Gasteiger charge is 2.32. The molecule has 0 bridgehead atoms. The molecular weight excluding hydrogens is 269 g/mol. The van der Waals surface area contributed by atoms with Gasteiger partial charge < -0.3 is 5.73 Å². The summed E-state index contributed by atoms with van der Waals surface area (Å²) in [5.41, 5.74) is 7.47. The van der Waals surface area contributed by atoms with Crippen LogP contribution in [0.5, 0.6) is 0 Å². The molecule has 2 N–H and O–H groups in total. The van der Waals surface area contributed by atoms with Crippen LogP contribution >= 0.6 is 0 Å². The number of halogens is 3. The molecule has 0 radical (unpaired) electrons. The van der Waals surface area contributed by atoms with Gasteiger partial charge in [-0.25, -0.2) is 0 Å². The lowest BCUT2D eigenvalue weighted by Gasteiger charge is -2.35. The van der Waals surface area contributed by atoms with Crippen LogP contribution in [0, 0.1) is 0 Å². The molecule has 0 spiro atoms. The maximum atomic E-state index is 12.3. The monoisotopic (exact) mass is 288 g/mol. The molecule has 2 heterocycles. The van der Waals surface area contributed by atoms with Crippen molar-refractivity contribution in [1.82, 2.24) is 14.8 Å². The van der Waals surface area contributed by atoms with Gasteiger partial charge in [0, 0.05) is 45.5 Å². The number of hydrogen-bond acceptors (Lipinski definition) is 4. The van der Waals surface area contributed by atoms with Crippen molar-refractivity contribution in [1.29, 1.82) is 0 Å². The van der Waals surface area contributed by atoms with Gasteiger partial charge in [-0.1, -0.05) is 0 Å². The average molecular weight is 288 g/mol. The minimum atomic E-state index is -4.11. The normalized spacial score (nSPS) is 18.4. The van der Waals surface area contributed by atoms with Crippen molar-refractivity contribution in [3.05, 3.63) is 29.6 Å². The molecule has 1 saturated heterocycles. The fourth-order valence-corrected chi connectivity index (χ4v) is 2.36. The highest BCUT2D eigenvalue weighted by molar-refractivity contribution is 5.16. The molecule has 0 unspecified atom stereocenters. The number of hydrogen-bond donors (Lipinski definition) is 1. The second-order valence-electron chi connectivity index (χ2n) is 5.03. The van der Waals surface area contributed by atoms with Gasteiger partial charge in [-0.15, -0.1) is 0 Å². The first-order valence-corrected chi connectivity index (χ1v) is 6.61. The molecular formula is C13H19F3N4. The summed E-state index contributed by atoms with van der Waals surface area (Å²) in [7, 11) is 0. The number of nitrogens with zero attached hydrogens (tertiary/aromatic N) is 3. The second kappa shape index (κ2) is 6.51. The van der Waals surface area contributed by atoms with Crippen LogP contribution in [0.2, 0.25) is 0 Å². The van der Waals surface area contributed by atoms with Gasteiger partial charge in [0.05, 0.1) is 12.2 Å². The lowest BCUT2D eigenvalue weighted by Crippen LogP contribution is -2.48. The molecule has 0 saturated carbocycles. The molecule has 1 fully saturated rings. The maximum Gasteiger partial charge on any atom is 0.401 e. The predicted octanol–water partition coefficient (Wildman–Crippen LogP) is 1.22. The zero-order valence-electron chi connectivity index (χ0n) is 11.2. The third-order valence-corrected chi connectivity index (χ3v) is 3.36. The van der Waals surface area contributed by atoms with Gasteiger partial charge in [0.15, 0.2) is 0 Å². The Hall–Kier alpha value is -1.18. The molecule has 7 heteroatoms. The standard InChI is InChI=1S/C13H19F3N4/c14-13(15,16)10-20-5-3-19(4-6-20)9-11-1-2-18-12(7-11)8-17/h1-2,7H,3-6,8-10,17H2. The SMILES string of the molecule is NCc1cc(CN2CCN(CC(F)(F)F)CC2)ccn1. The molecule has 1 aliphatic heterocycles. The first-order chi connectivity index (χ1) is 9.46. The fourth-order valence-electron chi connectivity index (χ4n) is 2.36. The van der Waals surface area contributed by atoms with E-state index in [1.54, 1.807) is 6.20 Å². The Bertz CT molecular complexity index is 428. The summed E-state index contributed by atoms with van der Waals surface area (Å²) in [5, 5.41) is 0. The molecule has 112 valence electrons. The third kappa shape index (κ3) is 4.73. The molecule has 0 amide bonds. The summed E-state index contributed by atoms with van der Waals surface area (Å²) >= 11 is 0. The molecule has 0 aromatic carbocycles. The van der Waals surface area contributed by atoms with Crippen LogP contribution in [0.15, 0.2) is 18.3 Å². The fraction of sp³-hybridized carbons (Fsp3) is 0.615. The highest BCUT2D eigenvalue weighted by Crippen LogP contribution is 2.18. The molecule has 1 aromatic heterocycles. The van der Waals surface area contributed by atoms with Crippen molar-refractivity contribution in [2.75, 3.05) is 32.7 Å². The van der Waals surface area contributed by atoms with Crippen molar-refractivity contribution in [3.8, 4) is 0 Å². The summed E-state index contributed by atoms with van der Waals surface area (Å²) in [4.78, 5) is 7.73. The number of pyridine rings is 1. The zero-order chi connectivity index (χ0) is 14.6. The Morgan fingerprint density at radius 1 is 1.15 bits per heavy atom. The van der Waals surface area contributed by atoms with Crippen LogP contribution in [-0.4, -0.2) is 53.7 Å². The topological polar surface area (TPSA) is 45.4 Å². The number of piperazine rings is 1. The van der Waals surface area contributed by atoms with Crippen LogP contribution in [0.4, 0.5) is 13.2 Å². The van der Waals surface area contributed by atoms with Gasteiger partial charge in [-0.2, -0.15) is 13.2 Å². The van der Waals surface area contributed by atoms with E-state index in [0.29, 0.717) is 32.7 Å². The second-order valence-corrected chi connectivity index (χ2v) is 5.03. The number of rotatable bonds is 4. The first-order valence-electron chi connectivity index (χ1n) is 6.61.